The summed E-state index contributed by atoms with van der Waals surface area (Å²) in [5.74, 6) is 0. The predicted octanol–water partition coefficient (Wildman–Crippen LogP) is 3.17. The van der Waals surface area contributed by atoms with Crippen molar-refractivity contribution in [1.82, 2.24) is 15.0 Å². The zero-order chi connectivity index (χ0) is 14.5. The first-order chi connectivity index (χ1) is 10.4. The van der Waals surface area contributed by atoms with E-state index < -0.39 is 0 Å². The Hall–Kier alpha value is -3.17. The predicted molar refractivity (Wildman–Crippen MR) is 78.5 cm³/mol. The summed E-state index contributed by atoms with van der Waals surface area (Å²) in [5, 5.41) is 0. The Kier molecular flexibility index (Phi) is 3.58. The highest BCUT2D eigenvalue weighted by molar-refractivity contribution is 5.82. The molecular weight excluding hydrogens is 264 g/mol. The molecule has 5 heteroatoms. The van der Waals surface area contributed by atoms with Crippen LogP contribution in [0.1, 0.15) is 0 Å². The van der Waals surface area contributed by atoms with E-state index in [2.05, 4.69) is 19.9 Å². The van der Waals surface area contributed by atoms with Gasteiger partial charge in [0, 0.05) is 24.2 Å². The van der Waals surface area contributed by atoms with Crippen molar-refractivity contribution in [2.24, 2.45) is 4.99 Å². The second-order valence-corrected chi connectivity index (χ2v) is 4.19. The third-order valence-corrected chi connectivity index (χ3v) is 2.93. The van der Waals surface area contributed by atoms with Crippen LogP contribution >= 0.6 is 0 Å². The van der Waals surface area contributed by atoms with E-state index in [0.29, 0.717) is 17.1 Å². The van der Waals surface area contributed by atoms with Gasteiger partial charge in [-0.05, 0) is 36.4 Å². The molecule has 0 saturated carbocycles. The van der Waals surface area contributed by atoms with E-state index in [1.54, 1.807) is 36.8 Å². The van der Waals surface area contributed by atoms with Crippen molar-refractivity contribution in [3.63, 3.8) is 0 Å². The maximum absolute atomic E-state index is 10.6. The molecule has 0 saturated heterocycles. The van der Waals surface area contributed by atoms with Crippen LogP contribution in [0.25, 0.3) is 22.6 Å². The number of pyridine rings is 3. The van der Waals surface area contributed by atoms with Crippen molar-refractivity contribution < 1.29 is 4.79 Å². The first kappa shape index (κ1) is 12.8. The van der Waals surface area contributed by atoms with Gasteiger partial charge in [0.15, 0.2) is 0 Å². The summed E-state index contributed by atoms with van der Waals surface area (Å²) >= 11 is 0. The van der Waals surface area contributed by atoms with Crippen LogP contribution in [0.4, 0.5) is 5.69 Å². The van der Waals surface area contributed by atoms with Crippen molar-refractivity contribution >= 4 is 11.8 Å². The van der Waals surface area contributed by atoms with Crippen LogP contribution < -0.4 is 0 Å². The summed E-state index contributed by atoms with van der Waals surface area (Å²) in [6.07, 6.45) is 6.57. The van der Waals surface area contributed by atoms with Crippen molar-refractivity contribution in [1.29, 1.82) is 0 Å². The van der Waals surface area contributed by atoms with Crippen LogP contribution in [0.3, 0.4) is 0 Å². The Morgan fingerprint density at radius 3 is 2.33 bits per heavy atom. The van der Waals surface area contributed by atoms with Crippen molar-refractivity contribution in [3.05, 3.63) is 61.1 Å². The molecule has 21 heavy (non-hydrogen) atoms. The summed E-state index contributed by atoms with van der Waals surface area (Å²) < 4.78 is 0. The van der Waals surface area contributed by atoms with Gasteiger partial charge in [-0.3, -0.25) is 15.0 Å². The fourth-order valence-corrected chi connectivity index (χ4v) is 2.04. The van der Waals surface area contributed by atoms with Gasteiger partial charge in [0.05, 0.1) is 5.69 Å². The van der Waals surface area contributed by atoms with Gasteiger partial charge in [-0.15, -0.1) is 0 Å². The van der Waals surface area contributed by atoms with Crippen LogP contribution in [0.15, 0.2) is 66.0 Å². The molecule has 5 nitrogen and oxygen atoms in total. The van der Waals surface area contributed by atoms with Gasteiger partial charge in [-0.1, -0.05) is 6.07 Å². The van der Waals surface area contributed by atoms with Gasteiger partial charge in [-0.25, -0.2) is 4.79 Å². The van der Waals surface area contributed by atoms with Gasteiger partial charge in [0.25, 0.3) is 0 Å². The molecular formula is C16H10N4O. The molecule has 0 radical (unpaired) electrons. The van der Waals surface area contributed by atoms with E-state index in [9.17, 15) is 4.79 Å². The summed E-state index contributed by atoms with van der Waals surface area (Å²) in [6.45, 7) is 0. The minimum absolute atomic E-state index is 0.434. The van der Waals surface area contributed by atoms with E-state index in [1.165, 1.54) is 0 Å². The van der Waals surface area contributed by atoms with Crippen LogP contribution in [-0.4, -0.2) is 21.0 Å². The number of isocyanates is 1. The van der Waals surface area contributed by atoms with Gasteiger partial charge in [0.2, 0.25) is 6.08 Å². The number of hydrogen-bond acceptors (Lipinski definition) is 5. The Bertz CT molecular complexity index is 811. The lowest BCUT2D eigenvalue weighted by Crippen LogP contribution is -1.93. The molecule has 3 heterocycles. The molecule has 0 aromatic carbocycles. The maximum atomic E-state index is 10.6. The number of aliphatic imine (C=N–C) groups is 1. The minimum Gasteiger partial charge on any atom is -0.256 e. The topological polar surface area (TPSA) is 68.1 Å². The molecule has 0 N–H and O–H groups in total. The van der Waals surface area contributed by atoms with Crippen molar-refractivity contribution in [2.75, 3.05) is 0 Å². The summed E-state index contributed by atoms with van der Waals surface area (Å²) in [7, 11) is 0. The smallest absolute Gasteiger partial charge is 0.240 e. The van der Waals surface area contributed by atoms with Gasteiger partial charge < -0.3 is 0 Å². The Labute approximate surface area is 121 Å². The highest BCUT2D eigenvalue weighted by atomic mass is 16.1. The van der Waals surface area contributed by atoms with E-state index in [1.807, 2.05) is 30.3 Å². The average Bonchev–Trinajstić information content (AvgIpc) is 2.57. The molecule has 0 bridgehead atoms. The maximum Gasteiger partial charge on any atom is 0.240 e. The van der Waals surface area contributed by atoms with Crippen LogP contribution in [0, 0.1) is 0 Å². The number of rotatable bonds is 3. The molecule has 0 atom stereocenters. The molecule has 100 valence electrons. The van der Waals surface area contributed by atoms with Crippen LogP contribution in [0.5, 0.6) is 0 Å². The molecule has 0 unspecified atom stereocenters. The Morgan fingerprint density at radius 2 is 1.57 bits per heavy atom. The summed E-state index contributed by atoms with van der Waals surface area (Å²) in [6, 6.07) is 12.8. The number of carbonyl (C=O) groups excluding carboxylic acids is 1. The quantitative estimate of drug-likeness (QED) is 0.543. The van der Waals surface area contributed by atoms with E-state index in [-0.39, 0.29) is 0 Å². The lowest BCUT2D eigenvalue weighted by Gasteiger charge is -2.08. The fraction of sp³-hybridized carbons (Fsp3) is 0. The van der Waals surface area contributed by atoms with E-state index in [4.69, 9.17) is 0 Å². The van der Waals surface area contributed by atoms with Gasteiger partial charge >= 0.3 is 0 Å². The standard InChI is InChI=1S/C16H10N4O/c21-11-20-14-7-4-10-19-16(14)15-12(5-3-9-18-15)13-6-1-2-8-17-13/h1-10H. The molecule has 3 aromatic heterocycles. The molecule has 0 amide bonds. The lowest BCUT2D eigenvalue weighted by atomic mass is 10.1. The third-order valence-electron chi connectivity index (χ3n) is 2.93. The Morgan fingerprint density at radius 1 is 0.810 bits per heavy atom. The zero-order valence-electron chi connectivity index (χ0n) is 11.0. The van der Waals surface area contributed by atoms with E-state index >= 15 is 0 Å². The molecule has 0 fully saturated rings. The summed E-state index contributed by atoms with van der Waals surface area (Å²) in [4.78, 5) is 27.3. The number of nitrogens with zero attached hydrogens (tertiary/aromatic N) is 4. The molecule has 0 aliphatic rings. The first-order valence-corrected chi connectivity index (χ1v) is 6.30. The first-order valence-electron chi connectivity index (χ1n) is 6.30. The van der Waals surface area contributed by atoms with Gasteiger partial charge in [0.1, 0.15) is 17.1 Å². The van der Waals surface area contributed by atoms with E-state index in [0.717, 1.165) is 11.3 Å². The largest absolute Gasteiger partial charge is 0.256 e. The monoisotopic (exact) mass is 274 g/mol. The molecule has 3 rings (SSSR count). The molecule has 0 aliphatic heterocycles. The van der Waals surface area contributed by atoms with Crippen molar-refractivity contribution in [3.8, 4) is 22.6 Å². The highest BCUT2D eigenvalue weighted by Crippen LogP contribution is 2.32. The van der Waals surface area contributed by atoms with Crippen molar-refractivity contribution in [2.45, 2.75) is 0 Å². The summed E-state index contributed by atoms with van der Waals surface area (Å²) in [5.41, 5.74) is 3.21. The fourth-order valence-electron chi connectivity index (χ4n) is 2.04. The zero-order valence-corrected chi connectivity index (χ0v) is 11.0. The average molecular weight is 274 g/mol. The SMILES string of the molecule is O=C=Nc1cccnc1-c1ncccc1-c1ccccn1. The number of hydrogen-bond donors (Lipinski definition) is 0. The normalized spacial score (nSPS) is 9.90. The highest BCUT2D eigenvalue weighted by Gasteiger charge is 2.13. The molecule has 0 aliphatic carbocycles. The second-order valence-electron chi connectivity index (χ2n) is 4.19. The van der Waals surface area contributed by atoms with Crippen LogP contribution in [0.2, 0.25) is 0 Å². The molecule has 0 spiro atoms. The Balaban J connectivity index is 2.23. The van der Waals surface area contributed by atoms with Crippen LogP contribution in [-0.2, 0) is 4.79 Å². The molecule has 3 aromatic rings. The van der Waals surface area contributed by atoms with Gasteiger partial charge in [-0.2, -0.15) is 4.99 Å². The number of aromatic nitrogens is 3. The lowest BCUT2D eigenvalue weighted by molar-refractivity contribution is 0.565. The third kappa shape index (κ3) is 2.59. The minimum atomic E-state index is 0.434. The second kappa shape index (κ2) is 5.86.